The Kier molecular flexibility index (Phi) is 2.89. The van der Waals surface area contributed by atoms with Gasteiger partial charge in [0.25, 0.3) is 0 Å². The maximum absolute atomic E-state index is 10.3. The highest BCUT2D eigenvalue weighted by atomic mass is 16.3. The minimum atomic E-state index is -0.607. The third kappa shape index (κ3) is 2.30. The summed E-state index contributed by atoms with van der Waals surface area (Å²) in [5, 5.41) is 17.9. The lowest BCUT2D eigenvalue weighted by molar-refractivity contribution is 0.0619. The monoisotopic (exact) mass is 243 g/mol. The fraction of sp³-hybridized carbons (Fsp3) is 0.357. The maximum Gasteiger partial charge on any atom is 0.0824 e. The highest BCUT2D eigenvalue weighted by Crippen LogP contribution is 2.20. The predicted octanol–water partition coefficient (Wildman–Crippen LogP) is 1.14. The van der Waals surface area contributed by atoms with E-state index < -0.39 is 5.60 Å². The van der Waals surface area contributed by atoms with Crippen molar-refractivity contribution in [2.75, 3.05) is 13.1 Å². The number of hydrogen-bond donors (Lipinski definition) is 2. The molecule has 2 N–H and O–H groups in total. The van der Waals surface area contributed by atoms with Gasteiger partial charge in [0.15, 0.2) is 0 Å². The molecule has 1 aromatic heterocycles. The molecule has 0 bridgehead atoms. The van der Waals surface area contributed by atoms with E-state index in [1.165, 1.54) is 0 Å². The summed E-state index contributed by atoms with van der Waals surface area (Å²) in [4.78, 5) is 0. The number of aromatic nitrogens is 2. The lowest BCUT2D eigenvalue weighted by Gasteiger charge is -2.19. The molecular formula is C14H17N3O. The van der Waals surface area contributed by atoms with E-state index in [1.54, 1.807) is 0 Å². The van der Waals surface area contributed by atoms with E-state index in [-0.39, 0.29) is 0 Å². The summed E-state index contributed by atoms with van der Waals surface area (Å²) >= 11 is 0. The molecule has 2 heterocycles. The number of para-hydroxylation sites is 1. The van der Waals surface area contributed by atoms with Crippen molar-refractivity contribution in [1.82, 2.24) is 15.1 Å². The van der Waals surface area contributed by atoms with Crippen LogP contribution in [0.25, 0.3) is 5.69 Å². The lowest BCUT2D eigenvalue weighted by Crippen LogP contribution is -2.33. The second-order valence-corrected chi connectivity index (χ2v) is 4.96. The molecule has 94 valence electrons. The first-order chi connectivity index (χ1) is 8.75. The van der Waals surface area contributed by atoms with E-state index in [1.807, 2.05) is 47.4 Å². The van der Waals surface area contributed by atoms with Crippen LogP contribution >= 0.6 is 0 Å². The Morgan fingerprint density at radius 1 is 1.33 bits per heavy atom. The fourth-order valence-electron chi connectivity index (χ4n) is 2.43. The predicted molar refractivity (Wildman–Crippen MR) is 69.7 cm³/mol. The van der Waals surface area contributed by atoms with Crippen LogP contribution in [-0.2, 0) is 6.42 Å². The van der Waals surface area contributed by atoms with Gasteiger partial charge in [0, 0.05) is 19.2 Å². The van der Waals surface area contributed by atoms with Crippen molar-refractivity contribution < 1.29 is 5.11 Å². The van der Waals surface area contributed by atoms with Gasteiger partial charge in [-0.3, -0.25) is 0 Å². The van der Waals surface area contributed by atoms with E-state index in [4.69, 9.17) is 0 Å². The van der Waals surface area contributed by atoms with E-state index in [9.17, 15) is 5.11 Å². The number of nitrogens with one attached hydrogen (secondary N) is 1. The van der Waals surface area contributed by atoms with Gasteiger partial charge in [-0.1, -0.05) is 18.2 Å². The van der Waals surface area contributed by atoms with Crippen LogP contribution in [0.15, 0.2) is 42.7 Å². The van der Waals surface area contributed by atoms with E-state index >= 15 is 0 Å². The molecule has 1 fully saturated rings. The number of β-amino-alcohol motifs (C(OH)–C–C–N with tert-alkyl or cyclic N) is 1. The summed E-state index contributed by atoms with van der Waals surface area (Å²) in [6.45, 7) is 1.56. The van der Waals surface area contributed by atoms with Gasteiger partial charge in [-0.25, -0.2) is 4.68 Å². The largest absolute Gasteiger partial charge is 0.388 e. The first-order valence-corrected chi connectivity index (χ1v) is 6.27. The van der Waals surface area contributed by atoms with Crippen molar-refractivity contribution in [2.24, 2.45) is 0 Å². The zero-order valence-corrected chi connectivity index (χ0v) is 10.2. The Bertz CT molecular complexity index is 515. The van der Waals surface area contributed by atoms with Gasteiger partial charge < -0.3 is 10.4 Å². The molecule has 2 aromatic rings. The van der Waals surface area contributed by atoms with Crippen LogP contribution in [0.5, 0.6) is 0 Å². The first kappa shape index (κ1) is 11.4. The standard InChI is InChI=1S/C14H17N3O/c18-14(6-7-15-11-14)8-12-9-16-17(10-12)13-4-2-1-3-5-13/h1-5,9-10,15,18H,6-8,11H2. The molecule has 1 aliphatic rings. The highest BCUT2D eigenvalue weighted by molar-refractivity contribution is 5.31. The Hall–Kier alpha value is -1.65. The molecule has 1 aromatic carbocycles. The van der Waals surface area contributed by atoms with Crippen molar-refractivity contribution in [3.8, 4) is 5.69 Å². The summed E-state index contributed by atoms with van der Waals surface area (Å²) in [6, 6.07) is 10.0. The Morgan fingerprint density at radius 2 is 2.17 bits per heavy atom. The molecule has 1 unspecified atom stereocenters. The second kappa shape index (κ2) is 4.55. The summed E-state index contributed by atoms with van der Waals surface area (Å²) in [5.41, 5.74) is 1.51. The zero-order valence-electron chi connectivity index (χ0n) is 10.2. The van der Waals surface area contributed by atoms with Gasteiger partial charge in [0.05, 0.1) is 17.5 Å². The zero-order chi connectivity index (χ0) is 12.4. The molecule has 0 spiro atoms. The first-order valence-electron chi connectivity index (χ1n) is 6.27. The Morgan fingerprint density at radius 3 is 2.89 bits per heavy atom. The van der Waals surface area contributed by atoms with Crippen LogP contribution in [0.3, 0.4) is 0 Å². The van der Waals surface area contributed by atoms with Gasteiger partial charge in [0.1, 0.15) is 0 Å². The van der Waals surface area contributed by atoms with Gasteiger partial charge >= 0.3 is 0 Å². The molecule has 18 heavy (non-hydrogen) atoms. The number of aliphatic hydroxyl groups is 1. The maximum atomic E-state index is 10.3. The van der Waals surface area contributed by atoms with Crippen molar-refractivity contribution in [3.05, 3.63) is 48.3 Å². The van der Waals surface area contributed by atoms with Gasteiger partial charge in [-0.2, -0.15) is 5.10 Å². The van der Waals surface area contributed by atoms with Crippen molar-refractivity contribution in [2.45, 2.75) is 18.4 Å². The molecule has 0 amide bonds. The summed E-state index contributed by atoms with van der Waals surface area (Å²) in [7, 11) is 0. The van der Waals surface area contributed by atoms with E-state index in [0.717, 1.165) is 24.2 Å². The van der Waals surface area contributed by atoms with Gasteiger partial charge in [-0.15, -0.1) is 0 Å². The normalized spacial score (nSPS) is 23.4. The molecule has 0 saturated carbocycles. The van der Waals surface area contributed by atoms with Crippen molar-refractivity contribution in [1.29, 1.82) is 0 Å². The van der Waals surface area contributed by atoms with Crippen LogP contribution in [0.1, 0.15) is 12.0 Å². The summed E-state index contributed by atoms with van der Waals surface area (Å²) in [6.07, 6.45) is 5.30. The fourth-order valence-corrected chi connectivity index (χ4v) is 2.43. The number of rotatable bonds is 3. The molecule has 4 nitrogen and oxygen atoms in total. The lowest BCUT2D eigenvalue weighted by atomic mass is 9.96. The Labute approximate surface area is 106 Å². The molecule has 1 atom stereocenters. The van der Waals surface area contributed by atoms with Crippen LogP contribution < -0.4 is 5.32 Å². The average Bonchev–Trinajstić information content (AvgIpc) is 3.00. The van der Waals surface area contributed by atoms with Crippen molar-refractivity contribution >= 4 is 0 Å². The molecule has 1 aliphatic heterocycles. The van der Waals surface area contributed by atoms with E-state index in [0.29, 0.717) is 13.0 Å². The number of hydrogen-bond acceptors (Lipinski definition) is 3. The summed E-state index contributed by atoms with van der Waals surface area (Å²) < 4.78 is 1.85. The molecular weight excluding hydrogens is 226 g/mol. The van der Waals surface area contributed by atoms with Gasteiger partial charge in [-0.05, 0) is 30.7 Å². The third-order valence-electron chi connectivity index (χ3n) is 3.41. The molecule has 0 radical (unpaired) electrons. The molecule has 4 heteroatoms. The topological polar surface area (TPSA) is 50.1 Å². The minimum absolute atomic E-state index is 0.607. The highest BCUT2D eigenvalue weighted by Gasteiger charge is 2.31. The van der Waals surface area contributed by atoms with Crippen LogP contribution in [0.2, 0.25) is 0 Å². The Balaban J connectivity index is 1.78. The van der Waals surface area contributed by atoms with Crippen molar-refractivity contribution in [3.63, 3.8) is 0 Å². The van der Waals surface area contributed by atoms with Crippen LogP contribution in [0, 0.1) is 0 Å². The number of nitrogens with zero attached hydrogens (tertiary/aromatic N) is 2. The average molecular weight is 243 g/mol. The second-order valence-electron chi connectivity index (χ2n) is 4.96. The smallest absolute Gasteiger partial charge is 0.0824 e. The third-order valence-corrected chi connectivity index (χ3v) is 3.41. The molecule has 1 saturated heterocycles. The molecule has 3 rings (SSSR count). The SMILES string of the molecule is OC1(Cc2cnn(-c3ccccc3)c2)CCNC1. The minimum Gasteiger partial charge on any atom is -0.388 e. The quantitative estimate of drug-likeness (QED) is 0.850. The van der Waals surface area contributed by atoms with E-state index in [2.05, 4.69) is 10.4 Å². The van der Waals surface area contributed by atoms with Crippen LogP contribution in [-0.4, -0.2) is 33.6 Å². The molecule has 0 aliphatic carbocycles. The van der Waals surface area contributed by atoms with Crippen LogP contribution in [0.4, 0.5) is 0 Å². The van der Waals surface area contributed by atoms with Gasteiger partial charge in [0.2, 0.25) is 0 Å². The number of benzene rings is 1. The summed E-state index contributed by atoms with van der Waals surface area (Å²) in [5.74, 6) is 0.